The van der Waals surface area contributed by atoms with E-state index in [9.17, 15) is 43.2 Å². The van der Waals surface area contributed by atoms with Crippen LogP contribution < -0.4 is 43.0 Å². The van der Waals surface area contributed by atoms with E-state index in [1.165, 1.54) is 18.7 Å². The smallest absolute Gasteiger partial charge is 0.245 e. The van der Waals surface area contributed by atoms with E-state index in [0.29, 0.717) is 23.1 Å². The minimum atomic E-state index is -1.37. The van der Waals surface area contributed by atoms with Gasteiger partial charge in [0.1, 0.15) is 48.3 Å². The number of carbonyl (C=O) groups is 9. The fourth-order valence-corrected chi connectivity index (χ4v) is 8.12. The van der Waals surface area contributed by atoms with E-state index >= 15 is 0 Å². The predicted octanol–water partition coefficient (Wildman–Crippen LogP) is 0.464. The van der Waals surface area contributed by atoms with Crippen LogP contribution in [0.15, 0.2) is 91.0 Å². The lowest BCUT2D eigenvalue weighted by Crippen LogP contribution is -2.61. The van der Waals surface area contributed by atoms with Gasteiger partial charge in [-0.05, 0) is 62.1 Å². The van der Waals surface area contributed by atoms with Crippen molar-refractivity contribution in [1.29, 1.82) is 0 Å². The van der Waals surface area contributed by atoms with Crippen LogP contribution in [-0.4, -0.2) is 113 Å². The first-order valence-corrected chi connectivity index (χ1v) is 22.8. The minimum Gasteiger partial charge on any atom is -0.370 e. The number of nitrogens with two attached hydrogens (primary N) is 1. The van der Waals surface area contributed by atoms with Gasteiger partial charge in [-0.3, -0.25) is 43.2 Å². The fourth-order valence-electron chi connectivity index (χ4n) is 8.12. The monoisotopic (exact) mass is 921 g/mol. The van der Waals surface area contributed by atoms with Gasteiger partial charge in [-0.15, -0.1) is 0 Å². The van der Waals surface area contributed by atoms with Crippen molar-refractivity contribution in [2.24, 2.45) is 11.7 Å². The molecule has 2 saturated heterocycles. The average molecular weight is 922 g/mol. The van der Waals surface area contributed by atoms with E-state index < -0.39 is 101 Å². The van der Waals surface area contributed by atoms with Gasteiger partial charge in [0, 0.05) is 32.2 Å². The van der Waals surface area contributed by atoms with Crippen LogP contribution in [0, 0.1) is 5.92 Å². The minimum absolute atomic E-state index is 0.0112. The summed E-state index contributed by atoms with van der Waals surface area (Å²) in [6.07, 6.45) is 0.320. The van der Waals surface area contributed by atoms with Crippen LogP contribution in [0.3, 0.4) is 0 Å². The number of amides is 9. The normalized spacial score (nSPS) is 25.3. The first-order chi connectivity index (χ1) is 32.0. The number of benzene rings is 3. The van der Waals surface area contributed by atoms with Crippen LogP contribution in [0.1, 0.15) is 76.5 Å². The van der Waals surface area contributed by atoms with Crippen molar-refractivity contribution in [1.82, 2.24) is 42.1 Å². The summed E-state index contributed by atoms with van der Waals surface area (Å²) in [5.41, 5.74) is 7.44. The maximum Gasteiger partial charge on any atom is 0.245 e. The van der Waals surface area contributed by atoms with Gasteiger partial charge in [0.05, 0.1) is 0 Å². The van der Waals surface area contributed by atoms with Crippen LogP contribution in [-0.2, 0) is 62.4 Å². The van der Waals surface area contributed by atoms with Crippen LogP contribution in [0.2, 0.25) is 0 Å². The molecule has 0 bridgehead atoms. The lowest BCUT2D eigenvalue weighted by molar-refractivity contribution is -0.142. The molecule has 0 spiro atoms. The molecule has 9 N–H and O–H groups in total. The Labute approximate surface area is 390 Å². The van der Waals surface area contributed by atoms with Crippen molar-refractivity contribution in [3.05, 3.63) is 108 Å². The molecule has 0 aliphatic carbocycles. The van der Waals surface area contributed by atoms with Crippen molar-refractivity contribution < 1.29 is 43.2 Å². The molecular formula is C49H63N9O9. The number of carbonyl (C=O) groups excluding carboxylic acids is 9. The largest absolute Gasteiger partial charge is 0.370 e. The standard InChI is InChI=1S/C49H63N9O9/c1-29(2)25-36-45(63)55-38(27-33-17-10-6-11-18-33)47(65)56-39(28-34-19-12-7-13-20-34)46(64)54-37(26-32-15-8-5-9-16-32)44(62)51-30(3)42(60)53-35(22-23-41(50)59)43(61)52-31(4)49(67)58-24-14-21-40(58)48(66)57-36/h5-13,15-20,29-31,35-40H,14,21-28H2,1-4H3,(H2,50,59)(H,51,62)(H,52,61)(H,53,60)(H,54,64)(H,55,63)(H,56,65)(H,57,66)/t30-,31+,35-,36-,37-,38-,39-,40-/m0/s1. The summed E-state index contributed by atoms with van der Waals surface area (Å²) in [4.78, 5) is 126. The molecule has 0 radical (unpaired) electrons. The summed E-state index contributed by atoms with van der Waals surface area (Å²) in [7, 11) is 0. The second-order valence-corrected chi connectivity index (χ2v) is 17.7. The summed E-state index contributed by atoms with van der Waals surface area (Å²) in [5, 5.41) is 19.1. The number of primary amides is 1. The molecule has 8 atom stereocenters. The van der Waals surface area contributed by atoms with Crippen LogP contribution in [0.25, 0.3) is 0 Å². The highest BCUT2D eigenvalue weighted by molar-refractivity contribution is 5.99. The Morgan fingerprint density at radius 3 is 1.37 bits per heavy atom. The molecule has 0 aromatic heterocycles. The van der Waals surface area contributed by atoms with Crippen molar-refractivity contribution in [2.75, 3.05) is 6.54 Å². The molecule has 5 rings (SSSR count). The molecule has 2 heterocycles. The van der Waals surface area contributed by atoms with Crippen molar-refractivity contribution in [3.63, 3.8) is 0 Å². The Morgan fingerprint density at radius 2 is 0.925 bits per heavy atom. The molecule has 18 nitrogen and oxygen atoms in total. The average Bonchev–Trinajstić information content (AvgIpc) is 3.80. The molecule has 67 heavy (non-hydrogen) atoms. The van der Waals surface area contributed by atoms with Gasteiger partial charge in [-0.2, -0.15) is 0 Å². The topological polar surface area (TPSA) is 267 Å². The Hall–Kier alpha value is -7.11. The van der Waals surface area contributed by atoms with E-state index in [-0.39, 0.29) is 57.4 Å². The van der Waals surface area contributed by atoms with E-state index in [1.54, 1.807) is 84.9 Å². The van der Waals surface area contributed by atoms with Gasteiger partial charge >= 0.3 is 0 Å². The van der Waals surface area contributed by atoms with Gasteiger partial charge in [-0.1, -0.05) is 105 Å². The van der Waals surface area contributed by atoms with Gasteiger partial charge in [0.25, 0.3) is 0 Å². The van der Waals surface area contributed by atoms with Crippen molar-refractivity contribution >= 4 is 53.2 Å². The van der Waals surface area contributed by atoms with Gasteiger partial charge in [0.2, 0.25) is 53.2 Å². The molecule has 3 aromatic rings. The zero-order valence-electron chi connectivity index (χ0n) is 38.4. The second-order valence-electron chi connectivity index (χ2n) is 17.7. The van der Waals surface area contributed by atoms with Gasteiger partial charge in [0.15, 0.2) is 0 Å². The summed E-state index contributed by atoms with van der Waals surface area (Å²) in [5.74, 6) is -6.55. The van der Waals surface area contributed by atoms with E-state index in [0.717, 1.165) is 0 Å². The molecule has 2 aliphatic rings. The number of rotatable bonds is 11. The third-order valence-corrected chi connectivity index (χ3v) is 11.7. The lowest BCUT2D eigenvalue weighted by atomic mass is 9.99. The summed E-state index contributed by atoms with van der Waals surface area (Å²) < 4.78 is 0. The third kappa shape index (κ3) is 15.2. The molecule has 9 amide bonds. The zero-order valence-corrected chi connectivity index (χ0v) is 38.4. The van der Waals surface area contributed by atoms with Gasteiger partial charge < -0.3 is 47.9 Å². The highest BCUT2D eigenvalue weighted by Gasteiger charge is 2.40. The molecule has 0 saturated carbocycles. The molecule has 2 fully saturated rings. The van der Waals surface area contributed by atoms with E-state index in [1.807, 2.05) is 19.9 Å². The maximum absolute atomic E-state index is 14.6. The van der Waals surface area contributed by atoms with Crippen LogP contribution in [0.5, 0.6) is 0 Å². The predicted molar refractivity (Wildman–Crippen MR) is 248 cm³/mol. The van der Waals surface area contributed by atoms with Crippen molar-refractivity contribution in [2.45, 2.75) is 127 Å². The Bertz CT molecular complexity index is 2230. The summed E-state index contributed by atoms with van der Waals surface area (Å²) >= 11 is 0. The SMILES string of the molecule is CC(C)C[C@@H]1NC(=O)[C@@H]2CCCN2C(=O)[C@@H](C)NC(=O)[C@H](CCC(N)=O)NC(=O)[C@H](C)NC(=O)[C@H](Cc2ccccc2)NC(=O)[C@H](Cc2ccccc2)NC(=O)[C@H](Cc2ccccc2)NC1=O. The maximum atomic E-state index is 14.6. The molecular weight excluding hydrogens is 859 g/mol. The zero-order chi connectivity index (χ0) is 48.6. The molecule has 2 aliphatic heterocycles. The number of nitrogens with one attached hydrogen (secondary N) is 7. The Morgan fingerprint density at radius 1 is 0.537 bits per heavy atom. The Kier molecular flexibility index (Phi) is 18.5. The second kappa shape index (κ2) is 24.4. The number of hydrogen-bond acceptors (Lipinski definition) is 9. The number of hydrogen-bond donors (Lipinski definition) is 8. The lowest BCUT2D eigenvalue weighted by Gasteiger charge is -2.30. The van der Waals surface area contributed by atoms with Crippen LogP contribution >= 0.6 is 0 Å². The summed E-state index contributed by atoms with van der Waals surface area (Å²) in [6, 6.07) is 16.9. The fraction of sp³-hybridized carbons (Fsp3) is 0.449. The Balaban J connectivity index is 1.55. The highest BCUT2D eigenvalue weighted by Crippen LogP contribution is 2.20. The summed E-state index contributed by atoms with van der Waals surface area (Å²) in [6.45, 7) is 6.71. The first kappa shape index (κ1) is 50.9. The van der Waals surface area contributed by atoms with Crippen molar-refractivity contribution in [3.8, 4) is 0 Å². The quantitative estimate of drug-likeness (QED) is 0.133. The molecule has 18 heteroatoms. The highest BCUT2D eigenvalue weighted by atomic mass is 16.2. The third-order valence-electron chi connectivity index (χ3n) is 11.7. The molecule has 3 aromatic carbocycles. The number of fused-ring (bicyclic) bond motifs is 1. The molecule has 0 unspecified atom stereocenters. The van der Waals surface area contributed by atoms with E-state index in [4.69, 9.17) is 5.73 Å². The van der Waals surface area contributed by atoms with Crippen LogP contribution in [0.4, 0.5) is 0 Å². The van der Waals surface area contributed by atoms with Gasteiger partial charge in [-0.25, -0.2) is 0 Å². The van der Waals surface area contributed by atoms with E-state index in [2.05, 4.69) is 37.2 Å². The number of nitrogens with zero attached hydrogens (tertiary/aromatic N) is 1. The first-order valence-electron chi connectivity index (χ1n) is 22.8. The molecule has 358 valence electrons.